The van der Waals surface area contributed by atoms with Gasteiger partial charge in [0.25, 0.3) is 0 Å². The van der Waals surface area contributed by atoms with Crippen LogP contribution in [0, 0.1) is 17.5 Å². The number of halogens is 3. The van der Waals surface area contributed by atoms with Gasteiger partial charge in [-0.15, -0.1) is 0 Å². The van der Waals surface area contributed by atoms with Crippen LogP contribution < -0.4 is 4.74 Å². The van der Waals surface area contributed by atoms with Crippen molar-refractivity contribution in [2.45, 2.75) is 64.3 Å². The molecule has 2 atom stereocenters. The lowest BCUT2D eigenvalue weighted by Crippen LogP contribution is -2.31. The first-order chi connectivity index (χ1) is 17.5. The number of hydrogen-bond acceptors (Lipinski definition) is 3. The average molecular weight is 499 g/mol. The van der Waals surface area contributed by atoms with Gasteiger partial charge >= 0.3 is 0 Å². The summed E-state index contributed by atoms with van der Waals surface area (Å²) in [6, 6.07) is 14.6. The zero-order valence-electron chi connectivity index (χ0n) is 20.9. The number of methoxy groups -OCH3 is 1. The number of ether oxygens (including phenoxy) is 3. The third-order valence-electron chi connectivity index (χ3n) is 6.75. The van der Waals surface area contributed by atoms with Gasteiger partial charge in [-0.05, 0) is 54.2 Å². The number of hydrogen-bond donors (Lipinski definition) is 0. The van der Waals surface area contributed by atoms with Gasteiger partial charge in [-0.2, -0.15) is 4.39 Å². The Hall–Kier alpha value is -2.83. The summed E-state index contributed by atoms with van der Waals surface area (Å²) in [5.74, 6) is -2.52. The van der Waals surface area contributed by atoms with Crippen LogP contribution in [0.15, 0.2) is 54.6 Å². The van der Waals surface area contributed by atoms with Gasteiger partial charge in [-0.25, -0.2) is 8.78 Å². The number of benzene rings is 3. The second-order valence-electron chi connectivity index (χ2n) is 9.30. The molecule has 3 aromatic rings. The first kappa shape index (κ1) is 26.2. The monoisotopic (exact) mass is 498 g/mol. The van der Waals surface area contributed by atoms with E-state index in [1.54, 1.807) is 30.3 Å². The van der Waals surface area contributed by atoms with E-state index in [0.717, 1.165) is 24.8 Å². The van der Waals surface area contributed by atoms with E-state index >= 15 is 0 Å². The summed E-state index contributed by atoms with van der Waals surface area (Å²) in [4.78, 5) is 0. The summed E-state index contributed by atoms with van der Waals surface area (Å²) in [6.07, 6.45) is 7.10. The first-order valence-electron chi connectivity index (χ1n) is 12.6. The van der Waals surface area contributed by atoms with Gasteiger partial charge in [0, 0.05) is 11.1 Å². The molecule has 3 aromatic carbocycles. The summed E-state index contributed by atoms with van der Waals surface area (Å²) < 4.78 is 60.2. The fourth-order valence-electron chi connectivity index (χ4n) is 4.60. The molecule has 192 valence electrons. The highest BCUT2D eigenvalue weighted by Gasteiger charge is 2.22. The molecule has 0 aliphatic carbocycles. The molecular formula is C30H33F3O3. The normalized spacial score (nSPS) is 17.8. The Morgan fingerprint density at radius 1 is 0.861 bits per heavy atom. The molecule has 6 heteroatoms. The van der Waals surface area contributed by atoms with Crippen LogP contribution in [0.1, 0.15) is 51.0 Å². The van der Waals surface area contributed by atoms with Crippen molar-refractivity contribution < 1.29 is 27.4 Å². The summed E-state index contributed by atoms with van der Waals surface area (Å²) in [6.45, 7) is 3.11. The molecule has 4 rings (SSSR count). The topological polar surface area (TPSA) is 27.7 Å². The molecule has 2 unspecified atom stereocenters. The van der Waals surface area contributed by atoms with E-state index in [0.29, 0.717) is 36.0 Å². The zero-order chi connectivity index (χ0) is 25.5. The van der Waals surface area contributed by atoms with Gasteiger partial charge in [-0.1, -0.05) is 62.6 Å². The van der Waals surface area contributed by atoms with Crippen molar-refractivity contribution in [1.29, 1.82) is 0 Å². The lowest BCUT2D eigenvalue weighted by molar-refractivity contribution is -0.0927. The summed E-state index contributed by atoms with van der Waals surface area (Å²) >= 11 is 0. The molecule has 0 amide bonds. The van der Waals surface area contributed by atoms with Crippen LogP contribution in [-0.4, -0.2) is 25.9 Å². The summed E-state index contributed by atoms with van der Waals surface area (Å²) in [5.41, 5.74) is 2.45. The lowest BCUT2D eigenvalue weighted by atomic mass is 9.98. The van der Waals surface area contributed by atoms with Crippen LogP contribution in [0.3, 0.4) is 0 Å². The molecule has 0 bridgehead atoms. The molecule has 3 nitrogen and oxygen atoms in total. The highest BCUT2D eigenvalue weighted by Crippen LogP contribution is 2.32. The molecule has 1 heterocycles. The molecule has 0 N–H and O–H groups in total. The second-order valence-corrected chi connectivity index (χ2v) is 9.30. The van der Waals surface area contributed by atoms with Crippen molar-refractivity contribution in [1.82, 2.24) is 0 Å². The van der Waals surface area contributed by atoms with Crippen LogP contribution in [-0.2, 0) is 16.1 Å². The van der Waals surface area contributed by atoms with Crippen LogP contribution >= 0.6 is 0 Å². The highest BCUT2D eigenvalue weighted by molar-refractivity contribution is 5.71. The van der Waals surface area contributed by atoms with Crippen molar-refractivity contribution in [2.75, 3.05) is 13.7 Å². The molecule has 1 aliphatic rings. The molecule has 1 fully saturated rings. The van der Waals surface area contributed by atoms with E-state index in [-0.39, 0.29) is 23.2 Å². The minimum Gasteiger partial charge on any atom is -0.494 e. The Balaban J connectivity index is 1.35. The van der Waals surface area contributed by atoms with Gasteiger partial charge in [0.05, 0.1) is 32.5 Å². The molecule has 0 spiro atoms. The molecular weight excluding hydrogens is 465 g/mol. The Bertz CT molecular complexity index is 1140. The van der Waals surface area contributed by atoms with E-state index in [4.69, 9.17) is 14.2 Å². The quantitative estimate of drug-likeness (QED) is 0.264. The van der Waals surface area contributed by atoms with Crippen molar-refractivity contribution in [3.05, 3.63) is 77.6 Å². The molecule has 36 heavy (non-hydrogen) atoms. The number of unbranched alkanes of at least 4 members (excludes halogenated alkanes) is 2. The largest absolute Gasteiger partial charge is 0.494 e. The highest BCUT2D eigenvalue weighted by atomic mass is 19.2. The van der Waals surface area contributed by atoms with Crippen LogP contribution in [0.2, 0.25) is 0 Å². The van der Waals surface area contributed by atoms with Crippen molar-refractivity contribution >= 4 is 0 Å². The molecule has 0 radical (unpaired) electrons. The SMILES string of the molecule is CCCCCC1CCC(OCc2ccc(-c3ccc(-c4ccc(OC)c(F)c4F)cc3)c(F)c2)CO1. The maximum Gasteiger partial charge on any atom is 0.201 e. The zero-order valence-corrected chi connectivity index (χ0v) is 20.9. The van der Waals surface area contributed by atoms with E-state index < -0.39 is 11.6 Å². The smallest absolute Gasteiger partial charge is 0.201 e. The fraction of sp³-hybridized carbons (Fsp3) is 0.400. The minimum absolute atomic E-state index is 0.0332. The van der Waals surface area contributed by atoms with E-state index in [1.165, 1.54) is 44.6 Å². The van der Waals surface area contributed by atoms with Gasteiger partial charge in [0.2, 0.25) is 5.82 Å². The Labute approximate surface area is 211 Å². The van der Waals surface area contributed by atoms with E-state index in [9.17, 15) is 13.2 Å². The Morgan fingerprint density at radius 3 is 2.22 bits per heavy atom. The van der Waals surface area contributed by atoms with Gasteiger partial charge in [-0.3, -0.25) is 0 Å². The predicted octanol–water partition coefficient (Wildman–Crippen LogP) is 8.09. The first-order valence-corrected chi connectivity index (χ1v) is 12.6. The Kier molecular flexibility index (Phi) is 9.05. The maximum atomic E-state index is 14.9. The molecule has 0 saturated carbocycles. The van der Waals surface area contributed by atoms with Gasteiger partial charge < -0.3 is 14.2 Å². The number of rotatable bonds is 10. The maximum absolute atomic E-state index is 14.9. The minimum atomic E-state index is -1.03. The predicted molar refractivity (Wildman–Crippen MR) is 135 cm³/mol. The van der Waals surface area contributed by atoms with E-state index in [1.807, 2.05) is 6.07 Å². The third kappa shape index (κ3) is 6.29. The summed E-state index contributed by atoms with van der Waals surface area (Å²) in [7, 11) is 1.28. The lowest BCUT2D eigenvalue weighted by Gasteiger charge is -2.29. The van der Waals surface area contributed by atoms with Crippen LogP contribution in [0.5, 0.6) is 5.75 Å². The molecule has 1 saturated heterocycles. The van der Waals surface area contributed by atoms with Crippen molar-refractivity contribution in [2.24, 2.45) is 0 Å². The van der Waals surface area contributed by atoms with E-state index in [2.05, 4.69) is 6.92 Å². The molecule has 0 aromatic heterocycles. The van der Waals surface area contributed by atoms with Gasteiger partial charge in [0.15, 0.2) is 11.6 Å². The fourth-order valence-corrected chi connectivity index (χ4v) is 4.60. The Morgan fingerprint density at radius 2 is 1.58 bits per heavy atom. The van der Waals surface area contributed by atoms with Gasteiger partial charge in [0.1, 0.15) is 5.82 Å². The van der Waals surface area contributed by atoms with Crippen molar-refractivity contribution in [3.8, 4) is 28.0 Å². The van der Waals surface area contributed by atoms with Crippen LogP contribution in [0.4, 0.5) is 13.2 Å². The molecule has 1 aliphatic heterocycles. The summed E-state index contributed by atoms with van der Waals surface area (Å²) in [5, 5.41) is 0. The van der Waals surface area contributed by atoms with Crippen molar-refractivity contribution in [3.63, 3.8) is 0 Å². The average Bonchev–Trinajstić information content (AvgIpc) is 2.90. The third-order valence-corrected chi connectivity index (χ3v) is 6.75. The van der Waals surface area contributed by atoms with Crippen LogP contribution in [0.25, 0.3) is 22.3 Å². The second kappa shape index (κ2) is 12.4. The standard InChI is InChI=1S/C30H33F3O3/c1-3-4-5-6-23-12-13-24(19-36-23)35-18-20-7-14-25(27(31)17-20)21-8-10-22(11-9-21)26-15-16-28(34-2)30(33)29(26)32/h7-11,14-17,23-24H,3-6,12-13,18-19H2,1-2H3.